The fraction of sp³-hybridized carbons (Fsp3) is 0.545. The van der Waals surface area contributed by atoms with Crippen LogP contribution in [0.2, 0.25) is 0 Å². The third kappa shape index (κ3) is 5.93. The van der Waals surface area contributed by atoms with Crippen molar-refractivity contribution >= 4 is 40.6 Å². The summed E-state index contributed by atoms with van der Waals surface area (Å²) in [5.74, 6) is -0.278. The largest absolute Gasteiger partial charge is 0.490 e. The van der Waals surface area contributed by atoms with Gasteiger partial charge < -0.3 is 40.3 Å². The number of hydrogen-bond donors (Lipinski definition) is 8. The lowest BCUT2D eigenvalue weighted by molar-refractivity contribution is -0.0755. The topological polar surface area (TPSA) is 299 Å². The molecule has 22 heteroatoms. The molecule has 0 amide bonds. The van der Waals surface area contributed by atoms with Gasteiger partial charge in [-0.1, -0.05) is 0 Å². The maximum Gasteiger partial charge on any atom is 0.490 e. The van der Waals surface area contributed by atoms with Crippen LogP contribution < -0.4 is 11.3 Å². The number of nitrogens with zero attached hydrogens (tertiary/aromatic N) is 3. The van der Waals surface area contributed by atoms with E-state index < -0.39 is 59.7 Å². The zero-order chi connectivity index (χ0) is 24.9. The molecular formula is C11H18N5O14P3. The van der Waals surface area contributed by atoms with E-state index in [-0.39, 0.29) is 17.1 Å². The molecule has 0 spiro atoms. The molecule has 0 aromatic carbocycles. The normalized spacial score (nSPS) is 28.5. The lowest BCUT2D eigenvalue weighted by atomic mass is 10.1. The predicted octanol–water partition coefficient (Wildman–Crippen LogP) is -1.95. The van der Waals surface area contributed by atoms with Crippen molar-refractivity contribution in [1.82, 2.24) is 19.5 Å². The Kier molecular flexibility index (Phi) is 7.03. The number of aliphatic hydroxyl groups excluding tert-OH is 2. The molecule has 3 heterocycles. The number of phosphoric acid groups is 3. The van der Waals surface area contributed by atoms with Gasteiger partial charge in [0.2, 0.25) is 5.95 Å². The van der Waals surface area contributed by atoms with Crippen molar-refractivity contribution in [3.63, 3.8) is 0 Å². The molecule has 2 aromatic heterocycles. The number of ether oxygens (including phenoxy) is 1. The van der Waals surface area contributed by atoms with Gasteiger partial charge in [0.25, 0.3) is 5.56 Å². The number of hydrogen-bond acceptors (Lipinski definition) is 13. The van der Waals surface area contributed by atoms with Crippen LogP contribution >= 0.6 is 23.5 Å². The molecule has 186 valence electrons. The smallest absolute Gasteiger partial charge is 0.387 e. The van der Waals surface area contributed by atoms with Crippen molar-refractivity contribution in [1.29, 1.82) is 0 Å². The first kappa shape index (κ1) is 26.1. The minimum atomic E-state index is -5.76. The Morgan fingerprint density at radius 3 is 2.39 bits per heavy atom. The Labute approximate surface area is 182 Å². The van der Waals surface area contributed by atoms with Crippen LogP contribution in [0.25, 0.3) is 11.2 Å². The number of nitrogens with one attached hydrogen (secondary N) is 1. The molecule has 0 bridgehead atoms. The van der Waals surface area contributed by atoms with E-state index in [9.17, 15) is 38.5 Å². The van der Waals surface area contributed by atoms with E-state index in [0.29, 0.717) is 0 Å². The fourth-order valence-electron chi connectivity index (χ4n) is 3.00. The average Bonchev–Trinajstić information content (AvgIpc) is 3.13. The highest BCUT2D eigenvalue weighted by molar-refractivity contribution is 7.66. The van der Waals surface area contributed by atoms with E-state index in [0.717, 1.165) is 17.8 Å². The molecule has 3 rings (SSSR count). The molecule has 9 N–H and O–H groups in total. The van der Waals surface area contributed by atoms with Gasteiger partial charge in [0.05, 0.1) is 12.4 Å². The lowest BCUT2D eigenvalue weighted by Gasteiger charge is -2.24. The van der Waals surface area contributed by atoms with E-state index >= 15 is 0 Å². The maximum atomic E-state index is 12.0. The van der Waals surface area contributed by atoms with Gasteiger partial charge >= 0.3 is 23.5 Å². The molecule has 1 aliphatic rings. The number of fused-ring (bicyclic) bond motifs is 1. The molecule has 1 aliphatic heterocycles. The first-order valence-electron chi connectivity index (χ1n) is 8.56. The molecule has 0 radical (unpaired) electrons. The van der Waals surface area contributed by atoms with Gasteiger partial charge in [-0.2, -0.15) is 13.6 Å². The zero-order valence-electron chi connectivity index (χ0n) is 16.2. The summed E-state index contributed by atoms with van der Waals surface area (Å²) < 4.78 is 52.4. The van der Waals surface area contributed by atoms with Gasteiger partial charge in [0, 0.05) is 0 Å². The van der Waals surface area contributed by atoms with Gasteiger partial charge in [-0.05, 0) is 6.92 Å². The second kappa shape index (κ2) is 8.90. The number of anilines is 1. The third-order valence-corrected chi connectivity index (χ3v) is 8.10. The highest BCUT2D eigenvalue weighted by atomic mass is 31.3. The fourth-order valence-corrected chi connectivity index (χ4v) is 6.20. The van der Waals surface area contributed by atoms with E-state index in [4.69, 9.17) is 20.3 Å². The number of aromatic nitrogens is 4. The number of nitrogen functional groups attached to an aromatic ring is 1. The van der Waals surface area contributed by atoms with Crippen molar-refractivity contribution in [3.8, 4) is 0 Å². The van der Waals surface area contributed by atoms with E-state index in [1.54, 1.807) is 0 Å². The highest BCUT2D eigenvalue weighted by Crippen LogP contribution is 2.66. The molecular weight excluding hydrogens is 519 g/mol. The number of rotatable bonds is 8. The van der Waals surface area contributed by atoms with Crippen molar-refractivity contribution in [2.45, 2.75) is 37.6 Å². The van der Waals surface area contributed by atoms with Gasteiger partial charge in [0.1, 0.15) is 18.3 Å². The summed E-state index contributed by atoms with van der Waals surface area (Å²) in [6.45, 7) is 1.05. The number of imidazole rings is 1. The minimum absolute atomic E-state index is 0.117. The molecule has 3 unspecified atom stereocenters. The molecule has 33 heavy (non-hydrogen) atoms. The van der Waals surface area contributed by atoms with Crippen LogP contribution in [0.5, 0.6) is 0 Å². The molecule has 2 aromatic rings. The van der Waals surface area contributed by atoms with Crippen LogP contribution in [0.3, 0.4) is 0 Å². The van der Waals surface area contributed by atoms with Crippen LogP contribution in [0.15, 0.2) is 11.1 Å². The summed E-state index contributed by atoms with van der Waals surface area (Å²) in [5.41, 5.74) is 4.51. The number of aromatic amines is 1. The van der Waals surface area contributed by atoms with Gasteiger partial charge in [0.15, 0.2) is 17.4 Å². The molecule has 1 saturated heterocycles. The minimum Gasteiger partial charge on any atom is -0.387 e. The predicted molar refractivity (Wildman–Crippen MR) is 103 cm³/mol. The maximum absolute atomic E-state index is 12.0. The second-order valence-electron chi connectivity index (χ2n) is 6.65. The van der Waals surface area contributed by atoms with Crippen LogP contribution in [0.4, 0.5) is 5.95 Å². The lowest BCUT2D eigenvalue weighted by Crippen LogP contribution is -2.38. The Hall–Kier alpha value is -1.56. The summed E-state index contributed by atoms with van der Waals surface area (Å²) in [6.07, 6.45) is -7.04. The molecule has 19 nitrogen and oxygen atoms in total. The number of aliphatic hydroxyl groups is 2. The first-order valence-corrected chi connectivity index (χ1v) is 13.1. The molecule has 7 atom stereocenters. The van der Waals surface area contributed by atoms with Crippen LogP contribution in [0.1, 0.15) is 13.2 Å². The molecule has 0 saturated carbocycles. The van der Waals surface area contributed by atoms with Crippen molar-refractivity contribution in [2.24, 2.45) is 0 Å². The summed E-state index contributed by atoms with van der Waals surface area (Å²) in [5, 5.41) is 20.7. The summed E-state index contributed by atoms with van der Waals surface area (Å²) >= 11 is 0. The number of nitrogens with two attached hydrogens (primary N) is 1. The molecule has 1 fully saturated rings. The van der Waals surface area contributed by atoms with Crippen LogP contribution in [0, 0.1) is 0 Å². The Morgan fingerprint density at radius 2 is 1.79 bits per heavy atom. The number of H-pyrrole nitrogens is 1. The summed E-state index contributed by atoms with van der Waals surface area (Å²) in [7, 11) is -16.9. The van der Waals surface area contributed by atoms with E-state index in [1.807, 2.05) is 0 Å². The van der Waals surface area contributed by atoms with Gasteiger partial charge in [-0.15, -0.1) is 0 Å². The standard InChI is InChI=1S/C11H18N5O14P3/c1-3(28-32(23,24)30-33(25,26)29-31(20,21)22)7-5(17)6(18)10(27-7)16-2-13-4-8(16)14-11(12)15-9(4)19/h2-3,5-7,10,17-18H,1H3,(H,23,24)(H,25,26)(H2,20,21,22)(H3,12,14,15,19)/t3?,5-,6+,7+,10+/m0/s1. The quantitative estimate of drug-likeness (QED) is 0.170. The number of phosphoric ester groups is 1. The van der Waals surface area contributed by atoms with Crippen molar-refractivity contribution in [2.75, 3.05) is 5.73 Å². The average molecular weight is 537 g/mol. The summed E-state index contributed by atoms with van der Waals surface area (Å²) in [4.78, 5) is 57.7. The Balaban J connectivity index is 1.78. The second-order valence-corrected chi connectivity index (χ2v) is 11.0. The Bertz CT molecular complexity index is 1240. The third-order valence-electron chi connectivity index (χ3n) is 4.18. The molecule has 0 aliphatic carbocycles. The van der Waals surface area contributed by atoms with Gasteiger partial charge in [-0.25, -0.2) is 18.7 Å². The SMILES string of the molecule is CC(OP(=O)(O)OP(=O)(O)OP(=O)(O)O)[C@H]1O[C@@H](n2cnc3c(=O)[nH]c(N)nc32)[C@H](O)[C@@H]1O. The first-order chi connectivity index (χ1) is 15.0. The van der Waals surface area contributed by atoms with E-state index in [2.05, 4.69) is 28.1 Å². The zero-order valence-corrected chi connectivity index (χ0v) is 18.9. The van der Waals surface area contributed by atoms with Gasteiger partial charge in [-0.3, -0.25) is 18.9 Å². The van der Waals surface area contributed by atoms with Crippen LogP contribution in [-0.4, -0.2) is 73.7 Å². The van der Waals surface area contributed by atoms with E-state index in [1.165, 1.54) is 0 Å². The highest BCUT2D eigenvalue weighted by Gasteiger charge is 2.49. The van der Waals surface area contributed by atoms with Crippen molar-refractivity contribution < 1.29 is 61.4 Å². The monoisotopic (exact) mass is 537 g/mol. The van der Waals surface area contributed by atoms with Crippen molar-refractivity contribution in [3.05, 3.63) is 16.7 Å². The Morgan fingerprint density at radius 1 is 1.15 bits per heavy atom. The van der Waals surface area contributed by atoms with Crippen LogP contribution in [-0.2, 0) is 31.6 Å². The summed E-state index contributed by atoms with van der Waals surface area (Å²) in [6, 6.07) is 0.